The van der Waals surface area contributed by atoms with Crippen molar-refractivity contribution in [3.63, 3.8) is 0 Å². The van der Waals surface area contributed by atoms with Gasteiger partial charge in [0.2, 0.25) is 0 Å². The molecule has 20 heavy (non-hydrogen) atoms. The van der Waals surface area contributed by atoms with Crippen molar-refractivity contribution in [2.45, 2.75) is 26.2 Å². The van der Waals surface area contributed by atoms with E-state index in [1.165, 1.54) is 17.5 Å². The topological polar surface area (TPSA) is 42.0 Å². The monoisotopic (exact) mass is 268 g/mol. The molecule has 1 aromatic carbocycles. The Labute approximate surface area is 120 Å². The second-order valence-corrected chi connectivity index (χ2v) is 4.81. The van der Waals surface area contributed by atoms with E-state index in [9.17, 15) is 4.79 Å². The molecule has 0 saturated heterocycles. The fourth-order valence-electron chi connectivity index (χ4n) is 2.08. The fraction of sp³-hybridized carbons (Fsp3) is 0.294. The summed E-state index contributed by atoms with van der Waals surface area (Å²) in [5.41, 5.74) is 3.22. The molecule has 0 aliphatic rings. The molecule has 104 valence electrons. The lowest BCUT2D eigenvalue weighted by atomic mass is 10.1. The molecule has 0 unspecified atom stereocenters. The van der Waals surface area contributed by atoms with Crippen LogP contribution in [0.3, 0.4) is 0 Å². The fourth-order valence-corrected chi connectivity index (χ4v) is 2.08. The first-order valence-electron chi connectivity index (χ1n) is 7.05. The van der Waals surface area contributed by atoms with Crippen LogP contribution >= 0.6 is 0 Å². The lowest BCUT2D eigenvalue weighted by Crippen LogP contribution is -2.25. The average Bonchev–Trinajstić information content (AvgIpc) is 2.50. The Morgan fingerprint density at radius 2 is 1.80 bits per heavy atom. The van der Waals surface area contributed by atoms with Crippen LogP contribution in [0.2, 0.25) is 0 Å². The van der Waals surface area contributed by atoms with Gasteiger partial charge in [-0.3, -0.25) is 9.78 Å². The third-order valence-corrected chi connectivity index (χ3v) is 3.18. The van der Waals surface area contributed by atoms with Crippen LogP contribution in [0.4, 0.5) is 0 Å². The summed E-state index contributed by atoms with van der Waals surface area (Å²) in [5.74, 6) is -0.0688. The minimum atomic E-state index is -0.0688. The SMILES string of the molecule is CCCc1ccc(CCNC(=O)c2cccnc2)cc1. The van der Waals surface area contributed by atoms with Crippen molar-refractivity contribution in [3.05, 3.63) is 65.5 Å². The largest absolute Gasteiger partial charge is 0.352 e. The molecule has 0 saturated carbocycles. The Balaban J connectivity index is 1.79. The zero-order valence-corrected chi connectivity index (χ0v) is 11.8. The van der Waals surface area contributed by atoms with E-state index in [4.69, 9.17) is 0 Å². The Morgan fingerprint density at radius 3 is 2.40 bits per heavy atom. The van der Waals surface area contributed by atoms with E-state index >= 15 is 0 Å². The van der Waals surface area contributed by atoms with Gasteiger partial charge in [-0.15, -0.1) is 0 Å². The maximum atomic E-state index is 11.8. The predicted molar refractivity (Wildman–Crippen MR) is 80.7 cm³/mol. The molecule has 1 N–H and O–H groups in total. The molecule has 0 fully saturated rings. The van der Waals surface area contributed by atoms with Crippen LogP contribution in [-0.2, 0) is 12.8 Å². The molecule has 3 nitrogen and oxygen atoms in total. The van der Waals surface area contributed by atoms with E-state index in [1.807, 2.05) is 0 Å². The zero-order chi connectivity index (χ0) is 14.2. The lowest BCUT2D eigenvalue weighted by Gasteiger charge is -2.06. The maximum Gasteiger partial charge on any atom is 0.252 e. The van der Waals surface area contributed by atoms with Crippen LogP contribution in [0.25, 0.3) is 0 Å². The zero-order valence-electron chi connectivity index (χ0n) is 11.8. The number of hydrogen-bond donors (Lipinski definition) is 1. The summed E-state index contributed by atoms with van der Waals surface area (Å²) in [6, 6.07) is 12.1. The van der Waals surface area contributed by atoms with Crippen molar-refractivity contribution in [3.8, 4) is 0 Å². The maximum absolute atomic E-state index is 11.8. The summed E-state index contributed by atoms with van der Waals surface area (Å²) in [6.45, 7) is 2.82. The van der Waals surface area contributed by atoms with E-state index in [1.54, 1.807) is 24.5 Å². The molecule has 2 aromatic rings. The number of nitrogens with one attached hydrogen (secondary N) is 1. The number of nitrogens with zero attached hydrogens (tertiary/aromatic N) is 1. The van der Waals surface area contributed by atoms with Crippen LogP contribution in [0.5, 0.6) is 0 Å². The van der Waals surface area contributed by atoms with E-state index in [-0.39, 0.29) is 5.91 Å². The second kappa shape index (κ2) is 7.43. The van der Waals surface area contributed by atoms with Crippen molar-refractivity contribution in [1.29, 1.82) is 0 Å². The van der Waals surface area contributed by atoms with Crippen molar-refractivity contribution in [2.24, 2.45) is 0 Å². The number of rotatable bonds is 6. The number of benzene rings is 1. The first-order valence-corrected chi connectivity index (χ1v) is 7.05. The van der Waals surface area contributed by atoms with Gasteiger partial charge in [-0.2, -0.15) is 0 Å². The van der Waals surface area contributed by atoms with Crippen LogP contribution in [-0.4, -0.2) is 17.4 Å². The van der Waals surface area contributed by atoms with Crippen molar-refractivity contribution in [1.82, 2.24) is 10.3 Å². The highest BCUT2D eigenvalue weighted by Gasteiger charge is 2.03. The van der Waals surface area contributed by atoms with Crippen LogP contribution in [0, 0.1) is 0 Å². The summed E-state index contributed by atoms with van der Waals surface area (Å²) in [4.78, 5) is 15.8. The van der Waals surface area contributed by atoms with Gasteiger partial charge in [0.15, 0.2) is 0 Å². The Morgan fingerprint density at radius 1 is 1.10 bits per heavy atom. The van der Waals surface area contributed by atoms with Gasteiger partial charge >= 0.3 is 0 Å². The lowest BCUT2D eigenvalue weighted by molar-refractivity contribution is 0.0954. The Kier molecular flexibility index (Phi) is 5.30. The van der Waals surface area contributed by atoms with Crippen LogP contribution in [0.15, 0.2) is 48.8 Å². The van der Waals surface area contributed by atoms with Gasteiger partial charge in [-0.05, 0) is 36.1 Å². The predicted octanol–water partition coefficient (Wildman–Crippen LogP) is 3.01. The molecule has 0 aliphatic heterocycles. The standard InChI is InChI=1S/C17H20N2O/c1-2-4-14-6-8-15(9-7-14)10-12-19-17(20)16-5-3-11-18-13-16/h3,5-9,11,13H,2,4,10,12H2,1H3,(H,19,20). The normalized spacial score (nSPS) is 10.2. The minimum Gasteiger partial charge on any atom is -0.352 e. The van der Waals surface area contributed by atoms with Gasteiger partial charge in [0.25, 0.3) is 5.91 Å². The number of carbonyl (C=O) groups is 1. The molecular formula is C17H20N2O. The number of pyridine rings is 1. The number of aromatic nitrogens is 1. The van der Waals surface area contributed by atoms with Gasteiger partial charge in [0.1, 0.15) is 0 Å². The molecule has 0 radical (unpaired) electrons. The molecule has 0 atom stereocenters. The third kappa shape index (κ3) is 4.19. The van der Waals surface area contributed by atoms with Crippen molar-refractivity contribution in [2.75, 3.05) is 6.54 Å². The van der Waals surface area contributed by atoms with Gasteiger partial charge in [-0.1, -0.05) is 37.6 Å². The molecule has 0 aliphatic carbocycles. The number of aryl methyl sites for hydroxylation is 1. The summed E-state index contributed by atoms with van der Waals surface area (Å²) in [6.07, 6.45) is 6.38. The Hall–Kier alpha value is -2.16. The Bertz CT molecular complexity index is 535. The average molecular weight is 268 g/mol. The van der Waals surface area contributed by atoms with Crippen molar-refractivity contribution >= 4 is 5.91 Å². The highest BCUT2D eigenvalue weighted by atomic mass is 16.1. The molecule has 3 heteroatoms. The first kappa shape index (κ1) is 14.3. The van der Waals surface area contributed by atoms with E-state index < -0.39 is 0 Å². The highest BCUT2D eigenvalue weighted by Crippen LogP contribution is 2.07. The summed E-state index contributed by atoms with van der Waals surface area (Å²) >= 11 is 0. The minimum absolute atomic E-state index is 0.0688. The molecule has 2 rings (SSSR count). The van der Waals surface area contributed by atoms with Crippen LogP contribution in [0.1, 0.15) is 34.8 Å². The van der Waals surface area contributed by atoms with Gasteiger partial charge in [-0.25, -0.2) is 0 Å². The summed E-state index contributed by atoms with van der Waals surface area (Å²) < 4.78 is 0. The molecule has 1 heterocycles. The van der Waals surface area contributed by atoms with Crippen LogP contribution < -0.4 is 5.32 Å². The first-order chi connectivity index (χ1) is 9.79. The molecule has 1 amide bonds. The van der Waals surface area contributed by atoms with Gasteiger partial charge in [0, 0.05) is 18.9 Å². The molecular weight excluding hydrogens is 248 g/mol. The van der Waals surface area contributed by atoms with Gasteiger partial charge < -0.3 is 5.32 Å². The number of hydrogen-bond acceptors (Lipinski definition) is 2. The van der Waals surface area contributed by atoms with Gasteiger partial charge in [0.05, 0.1) is 5.56 Å². The summed E-state index contributed by atoms with van der Waals surface area (Å²) in [5, 5.41) is 2.91. The quantitative estimate of drug-likeness (QED) is 0.875. The number of carbonyl (C=O) groups excluding carboxylic acids is 1. The molecule has 1 aromatic heterocycles. The second-order valence-electron chi connectivity index (χ2n) is 4.81. The van der Waals surface area contributed by atoms with E-state index in [2.05, 4.69) is 41.5 Å². The van der Waals surface area contributed by atoms with E-state index in [0.717, 1.165) is 12.8 Å². The summed E-state index contributed by atoms with van der Waals surface area (Å²) in [7, 11) is 0. The van der Waals surface area contributed by atoms with Crippen molar-refractivity contribution < 1.29 is 4.79 Å². The smallest absolute Gasteiger partial charge is 0.252 e. The molecule has 0 spiro atoms. The highest BCUT2D eigenvalue weighted by molar-refractivity contribution is 5.93. The van der Waals surface area contributed by atoms with E-state index in [0.29, 0.717) is 12.1 Å². The number of amides is 1. The molecule has 0 bridgehead atoms. The third-order valence-electron chi connectivity index (χ3n) is 3.18.